The highest BCUT2D eigenvalue weighted by molar-refractivity contribution is 7.90. The van der Waals surface area contributed by atoms with Gasteiger partial charge >= 0.3 is 0 Å². The Hall–Kier alpha value is -0.970. The Morgan fingerprint density at radius 2 is 2.00 bits per heavy atom. The molecule has 4 heteroatoms. The Balaban J connectivity index is 2.08. The topological polar surface area (TPSA) is 35.5 Å². The van der Waals surface area contributed by atoms with Gasteiger partial charge in [-0.2, -0.15) is 0 Å². The summed E-state index contributed by atoms with van der Waals surface area (Å²) in [6.07, 6.45) is 5.97. The molecule has 0 N–H and O–H groups in total. The van der Waals surface area contributed by atoms with Crippen molar-refractivity contribution in [2.45, 2.75) is 51.0 Å². The lowest BCUT2D eigenvalue weighted by molar-refractivity contribution is 0.101. The molecule has 0 aromatic heterocycles. The van der Waals surface area contributed by atoms with Crippen molar-refractivity contribution in [2.75, 3.05) is 6.54 Å². The van der Waals surface area contributed by atoms with Crippen molar-refractivity contribution in [3.8, 4) is 0 Å². The highest BCUT2D eigenvalue weighted by atomic mass is 32.2. The summed E-state index contributed by atoms with van der Waals surface area (Å²) < 4.78 is 20.2. The van der Waals surface area contributed by atoms with E-state index in [4.69, 9.17) is 4.74 Å². The number of hydrogen-bond acceptors (Lipinski definition) is 3. The van der Waals surface area contributed by atoms with Crippen molar-refractivity contribution in [3.63, 3.8) is 0 Å². The summed E-state index contributed by atoms with van der Waals surface area (Å²) in [6, 6.07) is 10.2. The molecule has 0 fully saturated rings. The number of rotatable bonds is 5. The largest absolute Gasteiger partial charge is 0.597 e. The molecule has 116 valence electrons. The molecule has 21 heavy (non-hydrogen) atoms. The lowest BCUT2D eigenvalue weighted by atomic mass is 10.1. The third-order valence-corrected chi connectivity index (χ3v) is 5.18. The summed E-state index contributed by atoms with van der Waals surface area (Å²) in [5.74, 6) is 0. The van der Waals surface area contributed by atoms with E-state index in [0.29, 0.717) is 13.1 Å². The lowest BCUT2D eigenvalue weighted by Crippen LogP contribution is -2.46. The summed E-state index contributed by atoms with van der Waals surface area (Å²) in [5, 5.41) is 0. The molecule has 2 atom stereocenters. The molecule has 3 nitrogen and oxygen atoms in total. The average molecular weight is 307 g/mol. The molecular weight excluding hydrogens is 282 g/mol. The maximum absolute atomic E-state index is 12.8. The zero-order chi connectivity index (χ0) is 15.3. The predicted octanol–water partition coefficient (Wildman–Crippen LogP) is 3.64. The predicted molar refractivity (Wildman–Crippen MR) is 88.0 cm³/mol. The van der Waals surface area contributed by atoms with Crippen molar-refractivity contribution in [1.29, 1.82) is 0 Å². The molecule has 1 aromatic rings. The van der Waals surface area contributed by atoms with Gasteiger partial charge in [0, 0.05) is 11.4 Å². The fourth-order valence-corrected chi connectivity index (χ4v) is 3.65. The van der Waals surface area contributed by atoms with Crippen LogP contribution in [-0.2, 0) is 22.6 Å². The Kier molecular flexibility index (Phi) is 5.73. The van der Waals surface area contributed by atoms with Crippen LogP contribution < -0.4 is 0 Å². The molecule has 0 unspecified atom stereocenters. The molecular formula is C17H25NO2S. The fraction of sp³-hybridized carbons (Fsp3) is 0.529. The van der Waals surface area contributed by atoms with Gasteiger partial charge in [0.15, 0.2) is 0 Å². The second-order valence-corrected chi connectivity index (χ2v) is 8.62. The van der Waals surface area contributed by atoms with Crippen molar-refractivity contribution in [2.24, 2.45) is 0 Å². The van der Waals surface area contributed by atoms with Crippen LogP contribution in [0.5, 0.6) is 0 Å². The van der Waals surface area contributed by atoms with Gasteiger partial charge in [0.25, 0.3) is 0 Å². The molecule has 0 saturated heterocycles. The monoisotopic (exact) mass is 307 g/mol. The maximum Gasteiger partial charge on any atom is 0.137 e. The zero-order valence-corrected chi connectivity index (χ0v) is 13.9. The maximum atomic E-state index is 12.8. The van der Waals surface area contributed by atoms with E-state index in [0.717, 1.165) is 12.8 Å². The van der Waals surface area contributed by atoms with Crippen molar-refractivity contribution in [3.05, 3.63) is 48.2 Å². The summed E-state index contributed by atoms with van der Waals surface area (Å²) in [6.45, 7) is 7.44. The summed E-state index contributed by atoms with van der Waals surface area (Å²) in [5.41, 5.74) is 1.18. The van der Waals surface area contributed by atoms with E-state index in [-0.39, 0.29) is 10.9 Å². The van der Waals surface area contributed by atoms with E-state index >= 15 is 0 Å². The van der Waals surface area contributed by atoms with Crippen molar-refractivity contribution < 1.29 is 9.29 Å². The van der Waals surface area contributed by atoms with E-state index < -0.39 is 11.4 Å². The van der Waals surface area contributed by atoms with Gasteiger partial charge in [0.1, 0.15) is 10.9 Å². The van der Waals surface area contributed by atoms with Crippen LogP contribution >= 0.6 is 0 Å². The van der Waals surface area contributed by atoms with E-state index in [1.807, 2.05) is 49.4 Å². The Bertz CT molecular complexity index is 456. The highest BCUT2D eigenvalue weighted by Crippen LogP contribution is 2.24. The van der Waals surface area contributed by atoms with Crippen LogP contribution in [0.2, 0.25) is 0 Å². The molecule has 2 rings (SSSR count). The van der Waals surface area contributed by atoms with Crippen LogP contribution in [0.25, 0.3) is 0 Å². The first kappa shape index (κ1) is 16.4. The Morgan fingerprint density at radius 1 is 1.29 bits per heavy atom. The zero-order valence-electron chi connectivity index (χ0n) is 13.1. The first-order valence-corrected chi connectivity index (χ1v) is 8.59. The molecule has 1 aliphatic heterocycles. The number of ether oxygens (including phenoxy) is 1. The molecule has 0 amide bonds. The Labute approximate surface area is 131 Å². The van der Waals surface area contributed by atoms with E-state index in [2.05, 4.69) is 12.1 Å². The summed E-state index contributed by atoms with van der Waals surface area (Å²) in [7, 11) is 0. The number of nitrogens with zero attached hydrogens (tertiary/aromatic N) is 1. The van der Waals surface area contributed by atoms with E-state index in [9.17, 15) is 4.55 Å². The molecule has 1 heterocycles. The van der Waals surface area contributed by atoms with Gasteiger partial charge in [-0.05, 0) is 45.3 Å². The normalized spacial score (nSPS) is 20.3. The van der Waals surface area contributed by atoms with Gasteiger partial charge in [-0.1, -0.05) is 30.3 Å². The number of hydrogen-bond donors (Lipinski definition) is 0. The van der Waals surface area contributed by atoms with Crippen LogP contribution in [0, 0.1) is 0 Å². The van der Waals surface area contributed by atoms with Gasteiger partial charge in [0.2, 0.25) is 0 Å². The van der Waals surface area contributed by atoms with Gasteiger partial charge in [-0.25, -0.2) is 0 Å². The van der Waals surface area contributed by atoms with Gasteiger partial charge < -0.3 is 9.29 Å². The standard InChI is InChI=1S/C17H25NO2S/c1-17(2,3)21(19)18(13-15-9-5-4-6-10-15)14-16-11-7-8-12-20-16/h4-6,8-10,12,16H,7,11,13-14H2,1-3H3/t16-,21+/m0/s1. The average Bonchev–Trinajstić information content (AvgIpc) is 2.47. The minimum Gasteiger partial charge on any atom is -0.597 e. The van der Waals surface area contributed by atoms with Crippen molar-refractivity contribution >= 4 is 11.4 Å². The quantitative estimate of drug-likeness (QED) is 0.779. The summed E-state index contributed by atoms with van der Waals surface area (Å²) in [4.78, 5) is 0. The molecule has 0 saturated carbocycles. The third kappa shape index (κ3) is 5.06. The number of benzene rings is 1. The molecule has 0 aliphatic carbocycles. The number of allylic oxidation sites excluding steroid dienone is 1. The molecule has 1 aliphatic rings. The van der Waals surface area contributed by atoms with Crippen LogP contribution in [0.3, 0.4) is 0 Å². The summed E-state index contributed by atoms with van der Waals surface area (Å²) >= 11 is -1.05. The SMILES string of the molecule is CC(C)(C)[S@@+]([O-])N(Cc1ccccc1)C[C@@H]1CCC=CO1. The minimum absolute atomic E-state index is 0.130. The highest BCUT2D eigenvalue weighted by Gasteiger charge is 2.35. The first-order valence-electron chi connectivity index (χ1n) is 7.48. The second kappa shape index (κ2) is 7.34. The Morgan fingerprint density at radius 3 is 2.57 bits per heavy atom. The van der Waals surface area contributed by atoms with Crippen LogP contribution in [0.1, 0.15) is 39.2 Å². The van der Waals surface area contributed by atoms with Gasteiger partial charge in [0.05, 0.1) is 19.4 Å². The van der Waals surface area contributed by atoms with E-state index in [1.54, 1.807) is 6.26 Å². The molecule has 0 bridgehead atoms. The third-order valence-electron chi connectivity index (χ3n) is 3.39. The van der Waals surface area contributed by atoms with Crippen LogP contribution in [-0.4, -0.2) is 26.3 Å². The first-order chi connectivity index (χ1) is 9.97. The van der Waals surface area contributed by atoms with Crippen molar-refractivity contribution in [1.82, 2.24) is 4.31 Å². The van der Waals surface area contributed by atoms with Crippen LogP contribution in [0.4, 0.5) is 0 Å². The van der Waals surface area contributed by atoms with Gasteiger partial charge in [-0.3, -0.25) is 0 Å². The van der Waals surface area contributed by atoms with Gasteiger partial charge in [-0.15, -0.1) is 4.31 Å². The molecule has 1 aromatic carbocycles. The smallest absolute Gasteiger partial charge is 0.137 e. The van der Waals surface area contributed by atoms with Crippen LogP contribution in [0.15, 0.2) is 42.7 Å². The molecule has 0 radical (unpaired) electrons. The lowest BCUT2D eigenvalue weighted by Gasteiger charge is -2.34. The minimum atomic E-state index is -1.05. The van der Waals surface area contributed by atoms with E-state index in [1.165, 1.54) is 5.56 Å². The second-order valence-electron chi connectivity index (χ2n) is 6.38. The fourth-order valence-electron chi connectivity index (χ4n) is 2.31. The molecule has 0 spiro atoms.